The number of phenolic OH excluding ortho intramolecular Hbond substituents is 1. The number of anilines is 1. The zero-order chi connectivity index (χ0) is 28.9. The first kappa shape index (κ1) is 28.0. The van der Waals surface area contributed by atoms with Crippen molar-refractivity contribution >= 4 is 23.5 Å². The van der Waals surface area contributed by atoms with Crippen LogP contribution in [0.2, 0.25) is 0 Å². The lowest BCUT2D eigenvalue weighted by molar-refractivity contribution is -0.157. The molecular formula is C31H36N6O4. The Morgan fingerprint density at radius 1 is 1.00 bits per heavy atom. The SMILES string of the molecule is CCCN(C(=O)NCc1ccccc1)N1CC(=O)N2[C@@H](Cc3ccccc3)C(=O)N(Cc3cccc(N)c3O)C[C@@H]21. The molecule has 0 unspecified atom stereocenters. The molecule has 3 aromatic carbocycles. The van der Waals surface area contributed by atoms with E-state index in [1.165, 1.54) is 0 Å². The fourth-order valence-corrected chi connectivity index (χ4v) is 5.60. The molecule has 3 aromatic rings. The molecule has 10 heteroatoms. The molecule has 2 fully saturated rings. The number of nitrogen functional groups attached to an aromatic ring is 1. The highest BCUT2D eigenvalue weighted by molar-refractivity contribution is 5.92. The molecule has 0 aliphatic carbocycles. The van der Waals surface area contributed by atoms with Gasteiger partial charge in [0.15, 0.2) is 0 Å². The van der Waals surface area contributed by atoms with Gasteiger partial charge in [-0.3, -0.25) is 14.6 Å². The molecule has 2 aliphatic heterocycles. The number of para-hydroxylation sites is 1. The molecule has 2 saturated heterocycles. The molecule has 0 bridgehead atoms. The number of amides is 4. The van der Waals surface area contributed by atoms with Crippen LogP contribution in [0.5, 0.6) is 5.75 Å². The Morgan fingerprint density at radius 2 is 1.68 bits per heavy atom. The predicted octanol–water partition coefficient (Wildman–Crippen LogP) is 2.94. The smallest absolute Gasteiger partial charge is 0.332 e. The highest BCUT2D eigenvalue weighted by Gasteiger charge is 2.52. The maximum absolute atomic E-state index is 13.9. The second-order valence-electron chi connectivity index (χ2n) is 10.4. The molecule has 10 nitrogen and oxygen atoms in total. The fourth-order valence-electron chi connectivity index (χ4n) is 5.60. The summed E-state index contributed by atoms with van der Waals surface area (Å²) >= 11 is 0. The molecule has 4 N–H and O–H groups in total. The van der Waals surface area contributed by atoms with Gasteiger partial charge in [-0.05, 0) is 23.6 Å². The number of carbonyl (C=O) groups excluding carboxylic acids is 3. The van der Waals surface area contributed by atoms with Crippen LogP contribution in [0.15, 0.2) is 78.9 Å². The summed E-state index contributed by atoms with van der Waals surface area (Å²) in [5.74, 6) is -0.472. The van der Waals surface area contributed by atoms with E-state index in [9.17, 15) is 19.5 Å². The molecule has 214 valence electrons. The monoisotopic (exact) mass is 556 g/mol. The third-order valence-corrected chi connectivity index (χ3v) is 7.62. The van der Waals surface area contributed by atoms with Crippen molar-refractivity contribution in [3.05, 3.63) is 95.6 Å². The summed E-state index contributed by atoms with van der Waals surface area (Å²) in [5, 5.41) is 16.9. The fraction of sp³-hybridized carbons (Fsp3) is 0.323. The van der Waals surface area contributed by atoms with Gasteiger partial charge in [0.05, 0.1) is 18.8 Å². The second kappa shape index (κ2) is 12.3. The Labute approximate surface area is 239 Å². The molecule has 0 saturated carbocycles. The quantitative estimate of drug-likeness (QED) is 0.275. The first-order valence-electron chi connectivity index (χ1n) is 13.9. The summed E-state index contributed by atoms with van der Waals surface area (Å²) in [5.41, 5.74) is 8.57. The van der Waals surface area contributed by atoms with E-state index in [0.29, 0.717) is 31.5 Å². The summed E-state index contributed by atoms with van der Waals surface area (Å²) in [6.45, 7) is 3.03. The number of hydrogen-bond acceptors (Lipinski definition) is 6. The van der Waals surface area contributed by atoms with Gasteiger partial charge in [-0.25, -0.2) is 4.79 Å². The number of nitrogens with one attached hydrogen (secondary N) is 1. The number of piperazine rings is 1. The average molecular weight is 557 g/mol. The maximum atomic E-state index is 13.9. The molecule has 0 radical (unpaired) electrons. The summed E-state index contributed by atoms with van der Waals surface area (Å²) < 4.78 is 0. The van der Waals surface area contributed by atoms with Crippen LogP contribution in [0, 0.1) is 0 Å². The van der Waals surface area contributed by atoms with Gasteiger partial charge in [-0.2, -0.15) is 5.01 Å². The van der Waals surface area contributed by atoms with Gasteiger partial charge < -0.3 is 26.0 Å². The zero-order valence-electron chi connectivity index (χ0n) is 23.1. The van der Waals surface area contributed by atoms with Gasteiger partial charge >= 0.3 is 6.03 Å². The zero-order valence-corrected chi connectivity index (χ0v) is 23.1. The topological polar surface area (TPSA) is 122 Å². The highest BCUT2D eigenvalue weighted by atomic mass is 16.3. The molecule has 4 amide bonds. The van der Waals surface area contributed by atoms with Crippen molar-refractivity contribution in [2.45, 2.75) is 45.1 Å². The number of nitrogens with zero attached hydrogens (tertiary/aromatic N) is 4. The lowest BCUT2D eigenvalue weighted by Crippen LogP contribution is -2.66. The van der Waals surface area contributed by atoms with E-state index in [-0.39, 0.29) is 48.9 Å². The van der Waals surface area contributed by atoms with Crippen LogP contribution < -0.4 is 11.1 Å². The van der Waals surface area contributed by atoms with Crippen molar-refractivity contribution in [2.24, 2.45) is 0 Å². The number of rotatable bonds is 9. The van der Waals surface area contributed by atoms with E-state index >= 15 is 0 Å². The van der Waals surface area contributed by atoms with E-state index in [2.05, 4.69) is 5.32 Å². The lowest BCUT2D eigenvalue weighted by Gasteiger charge is -2.46. The second-order valence-corrected chi connectivity index (χ2v) is 10.4. The van der Waals surface area contributed by atoms with Crippen LogP contribution in [0.25, 0.3) is 0 Å². The standard InChI is InChI=1S/C31H36N6O4/c1-2-16-35(31(41)33-18-23-12-7-4-8-13-23)36-21-28(38)37-26(17-22-10-5-3-6-11-22)30(40)34(20-27(36)37)19-24-14-9-15-25(32)29(24)39/h3-15,26-27,39H,2,16-21,32H2,1H3,(H,33,41)/t26-,27+/m0/s1. The maximum Gasteiger partial charge on any atom is 0.332 e. The number of urea groups is 1. The molecule has 0 aromatic heterocycles. The largest absolute Gasteiger partial charge is 0.505 e. The molecule has 2 heterocycles. The summed E-state index contributed by atoms with van der Waals surface area (Å²) in [4.78, 5) is 44.2. The van der Waals surface area contributed by atoms with Crippen LogP contribution in [-0.4, -0.2) is 74.6 Å². The number of carbonyl (C=O) groups is 3. The minimum atomic E-state index is -0.757. The molecule has 0 spiro atoms. The number of benzene rings is 3. The Hall–Kier alpha value is -4.57. The summed E-state index contributed by atoms with van der Waals surface area (Å²) in [6, 6.07) is 23.2. The van der Waals surface area contributed by atoms with Gasteiger partial charge in [0.1, 0.15) is 18.0 Å². The van der Waals surface area contributed by atoms with Crippen molar-refractivity contribution in [1.82, 2.24) is 25.1 Å². The van der Waals surface area contributed by atoms with Crippen LogP contribution in [-0.2, 0) is 29.1 Å². The van der Waals surface area contributed by atoms with Gasteiger partial charge in [0.25, 0.3) is 0 Å². The first-order valence-corrected chi connectivity index (χ1v) is 13.9. The van der Waals surface area contributed by atoms with Crippen molar-refractivity contribution in [1.29, 1.82) is 0 Å². The van der Waals surface area contributed by atoms with Crippen molar-refractivity contribution in [2.75, 3.05) is 25.4 Å². The first-order chi connectivity index (χ1) is 19.9. The third-order valence-electron chi connectivity index (χ3n) is 7.62. The Kier molecular flexibility index (Phi) is 8.39. The van der Waals surface area contributed by atoms with E-state index in [0.717, 1.165) is 11.1 Å². The number of nitrogens with two attached hydrogens (primary N) is 1. The van der Waals surface area contributed by atoms with E-state index in [1.807, 2.05) is 67.6 Å². The summed E-state index contributed by atoms with van der Waals surface area (Å²) in [7, 11) is 0. The number of phenols is 1. The number of hydrogen-bond donors (Lipinski definition) is 3. The van der Waals surface area contributed by atoms with Crippen LogP contribution >= 0.6 is 0 Å². The molecular weight excluding hydrogens is 520 g/mol. The summed E-state index contributed by atoms with van der Waals surface area (Å²) in [6.07, 6.45) is 0.471. The van der Waals surface area contributed by atoms with E-state index in [1.54, 1.807) is 38.0 Å². The Bertz CT molecular complexity index is 1390. The minimum absolute atomic E-state index is 0.0145. The third kappa shape index (κ3) is 5.97. The molecule has 5 rings (SSSR count). The van der Waals surface area contributed by atoms with Gasteiger partial charge in [-0.1, -0.05) is 79.7 Å². The molecule has 41 heavy (non-hydrogen) atoms. The number of aromatic hydroxyl groups is 1. The molecule has 2 aliphatic rings. The highest BCUT2D eigenvalue weighted by Crippen LogP contribution is 2.32. The predicted molar refractivity (Wildman–Crippen MR) is 155 cm³/mol. The van der Waals surface area contributed by atoms with Crippen molar-refractivity contribution in [3.8, 4) is 5.75 Å². The number of fused-ring (bicyclic) bond motifs is 1. The average Bonchev–Trinajstić information content (AvgIpc) is 3.31. The normalized spacial score (nSPS) is 18.9. The van der Waals surface area contributed by atoms with Crippen molar-refractivity contribution in [3.63, 3.8) is 0 Å². The van der Waals surface area contributed by atoms with Crippen LogP contribution in [0.4, 0.5) is 10.5 Å². The van der Waals surface area contributed by atoms with E-state index in [4.69, 9.17) is 5.73 Å². The van der Waals surface area contributed by atoms with Gasteiger partial charge in [0.2, 0.25) is 11.8 Å². The molecule has 2 atom stereocenters. The van der Waals surface area contributed by atoms with Crippen molar-refractivity contribution < 1.29 is 19.5 Å². The lowest BCUT2D eigenvalue weighted by atomic mass is 10.00. The van der Waals surface area contributed by atoms with Crippen LogP contribution in [0.1, 0.15) is 30.0 Å². The minimum Gasteiger partial charge on any atom is -0.505 e. The van der Waals surface area contributed by atoms with Gasteiger partial charge in [-0.15, -0.1) is 0 Å². The van der Waals surface area contributed by atoms with Crippen LogP contribution in [0.3, 0.4) is 0 Å². The Balaban J connectivity index is 1.44. The Morgan fingerprint density at radius 3 is 2.37 bits per heavy atom. The number of hydrazine groups is 1. The van der Waals surface area contributed by atoms with Gasteiger partial charge in [0, 0.05) is 31.6 Å². The van der Waals surface area contributed by atoms with E-state index < -0.39 is 12.2 Å².